The molecule has 2 nitrogen and oxygen atoms in total. The minimum atomic E-state index is -0.285. The molecule has 0 bridgehead atoms. The summed E-state index contributed by atoms with van der Waals surface area (Å²) in [6.07, 6.45) is 7.18. The number of benzene rings is 1. The van der Waals surface area contributed by atoms with E-state index < -0.39 is 0 Å². The Morgan fingerprint density at radius 1 is 1.16 bits per heavy atom. The first-order chi connectivity index (χ1) is 12.1. The molecule has 0 aromatic heterocycles. The quantitative estimate of drug-likeness (QED) is 0.625. The smallest absolute Gasteiger partial charge is 0.134 e. The third-order valence-corrected chi connectivity index (χ3v) is 7.85. The minimum absolute atomic E-state index is 0.160. The number of methoxy groups -OCH3 is 2. The molecule has 2 fully saturated rings. The van der Waals surface area contributed by atoms with Gasteiger partial charge in [-0.1, -0.05) is 18.9 Å². The fourth-order valence-corrected chi connectivity index (χ4v) is 6.67. The summed E-state index contributed by atoms with van der Waals surface area (Å²) in [7, 11) is 3.60. The molecule has 1 aromatic rings. The molecular weight excluding hydrogens is 376 g/mol. The van der Waals surface area contributed by atoms with Crippen molar-refractivity contribution in [3.8, 4) is 16.5 Å². The van der Waals surface area contributed by atoms with E-state index in [2.05, 4.69) is 51.8 Å². The second kappa shape index (κ2) is 6.32. The van der Waals surface area contributed by atoms with Gasteiger partial charge < -0.3 is 9.47 Å². The van der Waals surface area contributed by atoms with Gasteiger partial charge in [-0.3, -0.25) is 0 Å². The number of fused-ring (bicyclic) bond motifs is 5. The summed E-state index contributed by atoms with van der Waals surface area (Å²) in [5.41, 5.74) is 2.95. The maximum Gasteiger partial charge on any atom is 0.134 e. The number of hydrogen-bond acceptors (Lipinski definition) is 2. The van der Waals surface area contributed by atoms with Crippen LogP contribution >= 0.6 is 15.9 Å². The number of halogens is 1. The van der Waals surface area contributed by atoms with Crippen LogP contribution in [0.5, 0.6) is 5.75 Å². The molecule has 0 spiro atoms. The van der Waals surface area contributed by atoms with Crippen molar-refractivity contribution >= 4 is 15.9 Å². The van der Waals surface area contributed by atoms with Crippen LogP contribution in [0.15, 0.2) is 18.2 Å². The summed E-state index contributed by atoms with van der Waals surface area (Å²) in [5, 5.41) is 0. The van der Waals surface area contributed by atoms with Gasteiger partial charge in [0.1, 0.15) is 11.4 Å². The maximum atomic E-state index is 6.07. The van der Waals surface area contributed by atoms with Crippen molar-refractivity contribution in [3.05, 3.63) is 29.3 Å². The van der Waals surface area contributed by atoms with Crippen LogP contribution in [0.4, 0.5) is 0 Å². The molecule has 134 valence electrons. The molecule has 0 radical (unpaired) electrons. The van der Waals surface area contributed by atoms with E-state index >= 15 is 0 Å². The molecule has 5 atom stereocenters. The number of hydrogen-bond donors (Lipinski definition) is 0. The molecular formula is C22H27BrO2. The summed E-state index contributed by atoms with van der Waals surface area (Å²) in [5.74, 6) is 6.55. The average molecular weight is 403 g/mol. The van der Waals surface area contributed by atoms with Crippen molar-refractivity contribution in [3.63, 3.8) is 0 Å². The molecule has 0 heterocycles. The molecule has 1 aromatic carbocycles. The predicted molar refractivity (Wildman–Crippen MR) is 104 cm³/mol. The van der Waals surface area contributed by atoms with E-state index in [1.165, 1.54) is 37.7 Å². The van der Waals surface area contributed by atoms with Gasteiger partial charge in [-0.05, 0) is 84.4 Å². The van der Waals surface area contributed by atoms with Crippen molar-refractivity contribution in [1.82, 2.24) is 0 Å². The van der Waals surface area contributed by atoms with Gasteiger partial charge in [0.15, 0.2) is 0 Å². The van der Waals surface area contributed by atoms with Gasteiger partial charge in [-0.2, -0.15) is 0 Å². The van der Waals surface area contributed by atoms with Crippen molar-refractivity contribution in [2.75, 3.05) is 14.2 Å². The standard InChI is InChI=1S/C22H27BrO2/c1-21-10-8-18-17-7-5-16(24-2)14-15(17)4-6-19(18)20(21)9-11-22(21,25-3)12-13-23/h5,7,14,18-20H,4,6,8-11H2,1-3H3/t18-,19+,20+,21+,22?/m1/s1. The Balaban J connectivity index is 1.69. The summed E-state index contributed by atoms with van der Waals surface area (Å²) in [4.78, 5) is 2.98. The second-order valence-electron chi connectivity index (χ2n) is 8.23. The van der Waals surface area contributed by atoms with Gasteiger partial charge in [-0.25, -0.2) is 0 Å². The third-order valence-electron chi connectivity index (χ3n) is 7.65. The predicted octanol–water partition coefficient (Wildman–Crippen LogP) is 5.29. The molecule has 3 aliphatic rings. The molecule has 0 amide bonds. The molecule has 3 heteroatoms. The van der Waals surface area contributed by atoms with E-state index in [0.29, 0.717) is 11.8 Å². The fourth-order valence-electron chi connectivity index (χ4n) is 6.35. The van der Waals surface area contributed by atoms with Gasteiger partial charge in [-0.15, -0.1) is 0 Å². The highest BCUT2D eigenvalue weighted by molar-refractivity contribution is 9.12. The Kier molecular flexibility index (Phi) is 4.41. The topological polar surface area (TPSA) is 18.5 Å². The lowest BCUT2D eigenvalue weighted by molar-refractivity contribution is -0.0885. The van der Waals surface area contributed by atoms with Crippen LogP contribution in [0.25, 0.3) is 0 Å². The average Bonchev–Trinajstić information content (AvgIpc) is 2.94. The highest BCUT2D eigenvalue weighted by atomic mass is 79.9. The van der Waals surface area contributed by atoms with Gasteiger partial charge in [0, 0.05) is 28.5 Å². The molecule has 0 N–H and O–H groups in total. The van der Waals surface area contributed by atoms with Crippen LogP contribution in [-0.4, -0.2) is 19.8 Å². The largest absolute Gasteiger partial charge is 0.497 e. The van der Waals surface area contributed by atoms with Crippen molar-refractivity contribution in [2.45, 2.75) is 57.0 Å². The Labute approximate surface area is 159 Å². The minimum Gasteiger partial charge on any atom is -0.497 e. The zero-order valence-corrected chi connectivity index (χ0v) is 17.0. The number of aryl methyl sites for hydroxylation is 1. The van der Waals surface area contributed by atoms with Crippen LogP contribution < -0.4 is 4.74 Å². The second-order valence-corrected chi connectivity index (χ2v) is 8.62. The molecule has 1 unspecified atom stereocenters. The molecule has 2 saturated carbocycles. The Morgan fingerprint density at radius 2 is 2.00 bits per heavy atom. The lowest BCUT2D eigenvalue weighted by Crippen LogP contribution is -2.51. The zero-order valence-electron chi connectivity index (χ0n) is 15.4. The summed E-state index contributed by atoms with van der Waals surface area (Å²) in [6, 6.07) is 6.72. The van der Waals surface area contributed by atoms with E-state index in [4.69, 9.17) is 9.47 Å². The molecule has 4 rings (SSSR count). The van der Waals surface area contributed by atoms with Crippen LogP contribution in [0.3, 0.4) is 0 Å². The molecule has 0 aliphatic heterocycles. The Hall–Kier alpha value is -0.980. The highest BCUT2D eigenvalue weighted by Gasteiger charge is 2.62. The van der Waals surface area contributed by atoms with Crippen molar-refractivity contribution in [2.24, 2.45) is 17.3 Å². The summed E-state index contributed by atoms with van der Waals surface area (Å²) in [6.45, 7) is 2.44. The fraction of sp³-hybridized carbons (Fsp3) is 0.636. The van der Waals surface area contributed by atoms with Crippen molar-refractivity contribution in [1.29, 1.82) is 0 Å². The first kappa shape index (κ1) is 17.4. The van der Waals surface area contributed by atoms with E-state index in [0.717, 1.165) is 18.1 Å². The first-order valence-corrected chi connectivity index (χ1v) is 10.2. The summed E-state index contributed by atoms with van der Waals surface area (Å²) < 4.78 is 11.5. The molecule has 3 aliphatic carbocycles. The number of ether oxygens (including phenoxy) is 2. The Bertz CT molecular complexity index is 733. The lowest BCUT2D eigenvalue weighted by Gasteiger charge is -2.53. The van der Waals surface area contributed by atoms with Crippen LogP contribution in [-0.2, 0) is 11.2 Å². The monoisotopic (exact) mass is 402 g/mol. The normalized spacial score (nSPS) is 38.8. The van der Waals surface area contributed by atoms with E-state index in [9.17, 15) is 0 Å². The maximum absolute atomic E-state index is 6.07. The van der Waals surface area contributed by atoms with Gasteiger partial charge in [0.25, 0.3) is 0 Å². The van der Waals surface area contributed by atoms with Gasteiger partial charge >= 0.3 is 0 Å². The number of rotatable bonds is 2. The van der Waals surface area contributed by atoms with Crippen LogP contribution in [0.1, 0.15) is 56.1 Å². The molecule has 25 heavy (non-hydrogen) atoms. The molecule has 0 saturated heterocycles. The SMILES string of the molecule is COc1ccc2c(c1)CC[C@H]1[C@@H]2CC[C@@]2(C)[C@H]1CCC2(C#CBr)OC. The Morgan fingerprint density at radius 3 is 2.72 bits per heavy atom. The van der Waals surface area contributed by atoms with E-state index in [1.807, 2.05) is 7.11 Å². The summed E-state index contributed by atoms with van der Waals surface area (Å²) >= 11 is 3.33. The van der Waals surface area contributed by atoms with E-state index in [-0.39, 0.29) is 11.0 Å². The van der Waals surface area contributed by atoms with Gasteiger partial charge in [0.2, 0.25) is 0 Å². The first-order valence-electron chi connectivity index (χ1n) is 9.43. The van der Waals surface area contributed by atoms with Crippen LogP contribution in [0, 0.1) is 28.0 Å². The zero-order chi connectivity index (χ0) is 17.7. The van der Waals surface area contributed by atoms with Crippen LogP contribution in [0.2, 0.25) is 0 Å². The van der Waals surface area contributed by atoms with Gasteiger partial charge in [0.05, 0.1) is 7.11 Å². The third kappa shape index (κ3) is 2.41. The van der Waals surface area contributed by atoms with E-state index in [1.54, 1.807) is 12.7 Å². The highest BCUT2D eigenvalue weighted by Crippen LogP contribution is 2.65. The lowest BCUT2D eigenvalue weighted by atomic mass is 9.53. The van der Waals surface area contributed by atoms with Crippen molar-refractivity contribution < 1.29 is 9.47 Å².